The van der Waals surface area contributed by atoms with E-state index in [2.05, 4.69) is 36.1 Å². The largest absolute Gasteiger partial charge is 0.467 e. The van der Waals surface area contributed by atoms with Gasteiger partial charge in [0.2, 0.25) is 0 Å². The predicted octanol–water partition coefficient (Wildman–Crippen LogP) is 3.15. The van der Waals surface area contributed by atoms with Crippen LogP contribution in [-0.2, 0) is 22.6 Å². The van der Waals surface area contributed by atoms with E-state index in [1.807, 2.05) is 12.1 Å². The van der Waals surface area contributed by atoms with E-state index < -0.39 is 6.10 Å². The average Bonchev–Trinajstić information content (AvgIpc) is 3.31. The Kier molecular flexibility index (Phi) is 7.26. The summed E-state index contributed by atoms with van der Waals surface area (Å²) in [6.07, 6.45) is 3.55. The summed E-state index contributed by atoms with van der Waals surface area (Å²) in [5, 5.41) is 10.4. The lowest BCUT2D eigenvalue weighted by Crippen LogP contribution is -2.39. The van der Waals surface area contributed by atoms with Gasteiger partial charge in [-0.15, -0.1) is 0 Å². The van der Waals surface area contributed by atoms with Crippen LogP contribution in [0.2, 0.25) is 0 Å². The van der Waals surface area contributed by atoms with Gasteiger partial charge in [-0.05, 0) is 43.0 Å². The van der Waals surface area contributed by atoms with Crippen molar-refractivity contribution in [2.45, 2.75) is 45.1 Å². The van der Waals surface area contributed by atoms with Gasteiger partial charge >= 0.3 is 0 Å². The van der Waals surface area contributed by atoms with Crippen LogP contribution in [0.1, 0.15) is 29.7 Å². The molecule has 2 atom stereocenters. The van der Waals surface area contributed by atoms with Crippen molar-refractivity contribution < 1.29 is 19.0 Å². The van der Waals surface area contributed by atoms with Crippen LogP contribution < -0.4 is 0 Å². The summed E-state index contributed by atoms with van der Waals surface area (Å²) >= 11 is 0. The van der Waals surface area contributed by atoms with Gasteiger partial charge < -0.3 is 19.0 Å². The Morgan fingerprint density at radius 2 is 2.15 bits per heavy atom. The SMILES string of the molecule is Cc1ccccc1CN(C[C@H](O)COCc1ccco1)C[C@H]1CCCO1. The van der Waals surface area contributed by atoms with E-state index in [4.69, 9.17) is 13.9 Å². The highest BCUT2D eigenvalue weighted by Crippen LogP contribution is 2.17. The predicted molar refractivity (Wildman–Crippen MR) is 99.8 cm³/mol. The summed E-state index contributed by atoms with van der Waals surface area (Å²) in [7, 11) is 0. The third-order valence-corrected chi connectivity index (χ3v) is 4.74. The first kappa shape index (κ1) is 19.1. The highest BCUT2D eigenvalue weighted by atomic mass is 16.5. The molecule has 26 heavy (non-hydrogen) atoms. The standard InChI is InChI=1S/C21H29NO4/c1-17-6-2-3-7-18(17)12-22(14-20-8-4-10-25-20)13-19(23)15-24-16-21-9-5-11-26-21/h2-3,5-7,9,11,19-20,23H,4,8,10,12-16H2,1H3/t19-,20+/m0/s1. The Labute approximate surface area is 155 Å². The summed E-state index contributed by atoms with van der Waals surface area (Å²) in [4.78, 5) is 2.28. The van der Waals surface area contributed by atoms with Crippen molar-refractivity contribution in [3.8, 4) is 0 Å². The highest BCUT2D eigenvalue weighted by Gasteiger charge is 2.21. The zero-order valence-corrected chi connectivity index (χ0v) is 15.5. The first-order valence-electron chi connectivity index (χ1n) is 9.37. The maximum atomic E-state index is 10.4. The van der Waals surface area contributed by atoms with Crippen LogP contribution in [-0.4, -0.2) is 48.5 Å². The van der Waals surface area contributed by atoms with Gasteiger partial charge in [-0.2, -0.15) is 0 Å². The van der Waals surface area contributed by atoms with Gasteiger partial charge in [-0.1, -0.05) is 24.3 Å². The summed E-state index contributed by atoms with van der Waals surface area (Å²) in [5.41, 5.74) is 2.56. The van der Waals surface area contributed by atoms with Crippen LogP contribution in [0.15, 0.2) is 47.1 Å². The number of aryl methyl sites for hydroxylation is 1. The lowest BCUT2D eigenvalue weighted by Gasteiger charge is -2.28. The number of rotatable bonds is 10. The van der Waals surface area contributed by atoms with Crippen LogP contribution in [0, 0.1) is 6.92 Å². The maximum Gasteiger partial charge on any atom is 0.129 e. The van der Waals surface area contributed by atoms with Gasteiger partial charge in [0.05, 0.1) is 25.1 Å². The van der Waals surface area contributed by atoms with Gasteiger partial charge in [-0.3, -0.25) is 4.90 Å². The van der Waals surface area contributed by atoms with Crippen LogP contribution in [0.5, 0.6) is 0 Å². The molecule has 0 radical (unpaired) electrons. The molecule has 1 aliphatic heterocycles. The van der Waals surface area contributed by atoms with Crippen molar-refractivity contribution in [1.29, 1.82) is 0 Å². The molecule has 0 spiro atoms. The Hall–Kier alpha value is -1.66. The fourth-order valence-electron chi connectivity index (χ4n) is 3.35. The molecule has 3 rings (SSSR count). The Morgan fingerprint density at radius 1 is 1.27 bits per heavy atom. The van der Waals surface area contributed by atoms with E-state index in [0.717, 1.165) is 38.3 Å². The molecule has 1 aromatic carbocycles. The van der Waals surface area contributed by atoms with E-state index >= 15 is 0 Å². The van der Waals surface area contributed by atoms with E-state index in [-0.39, 0.29) is 12.7 Å². The second kappa shape index (κ2) is 9.88. The zero-order valence-electron chi connectivity index (χ0n) is 15.5. The molecular formula is C21H29NO4. The van der Waals surface area contributed by atoms with E-state index in [1.54, 1.807) is 6.26 Å². The number of ether oxygens (including phenoxy) is 2. The molecule has 2 heterocycles. The number of hydrogen-bond donors (Lipinski definition) is 1. The Bertz CT molecular complexity index is 637. The molecule has 0 bridgehead atoms. The quantitative estimate of drug-likeness (QED) is 0.706. The van der Waals surface area contributed by atoms with Crippen molar-refractivity contribution in [1.82, 2.24) is 4.90 Å². The number of hydrogen-bond acceptors (Lipinski definition) is 5. The van der Waals surface area contributed by atoms with Crippen molar-refractivity contribution in [3.05, 3.63) is 59.5 Å². The summed E-state index contributed by atoms with van der Waals surface area (Å²) in [6.45, 7) is 5.85. The first-order valence-corrected chi connectivity index (χ1v) is 9.37. The second-order valence-electron chi connectivity index (χ2n) is 7.00. The molecular weight excluding hydrogens is 330 g/mol. The number of nitrogens with zero attached hydrogens (tertiary/aromatic N) is 1. The van der Waals surface area contributed by atoms with Crippen LogP contribution in [0.3, 0.4) is 0 Å². The van der Waals surface area contributed by atoms with E-state index in [1.165, 1.54) is 11.1 Å². The second-order valence-corrected chi connectivity index (χ2v) is 7.00. The number of aliphatic hydroxyl groups excluding tert-OH is 1. The monoisotopic (exact) mass is 359 g/mol. The molecule has 1 aromatic heterocycles. The lowest BCUT2D eigenvalue weighted by atomic mass is 10.1. The number of benzene rings is 1. The molecule has 1 N–H and O–H groups in total. The van der Waals surface area contributed by atoms with E-state index in [9.17, 15) is 5.11 Å². The summed E-state index contributed by atoms with van der Waals surface area (Å²) in [6, 6.07) is 12.1. The minimum atomic E-state index is -0.546. The first-order chi connectivity index (χ1) is 12.7. The van der Waals surface area contributed by atoms with E-state index in [0.29, 0.717) is 13.2 Å². The molecule has 0 unspecified atom stereocenters. The Morgan fingerprint density at radius 3 is 2.88 bits per heavy atom. The van der Waals surface area contributed by atoms with Gasteiger partial charge in [0, 0.05) is 26.2 Å². The van der Waals surface area contributed by atoms with Gasteiger partial charge in [0.1, 0.15) is 12.4 Å². The summed E-state index contributed by atoms with van der Waals surface area (Å²) < 4.78 is 16.6. The minimum absolute atomic E-state index is 0.259. The lowest BCUT2D eigenvalue weighted by molar-refractivity contribution is -0.00639. The number of aliphatic hydroxyl groups is 1. The topological polar surface area (TPSA) is 55.1 Å². The van der Waals surface area contributed by atoms with Crippen molar-refractivity contribution in [3.63, 3.8) is 0 Å². The van der Waals surface area contributed by atoms with Gasteiger partial charge in [0.25, 0.3) is 0 Å². The van der Waals surface area contributed by atoms with Crippen LogP contribution in [0.25, 0.3) is 0 Å². The zero-order chi connectivity index (χ0) is 18.2. The molecule has 0 aliphatic carbocycles. The molecule has 1 saturated heterocycles. The van der Waals surface area contributed by atoms with Gasteiger partial charge in [0.15, 0.2) is 0 Å². The third kappa shape index (κ3) is 5.95. The molecule has 142 valence electrons. The average molecular weight is 359 g/mol. The normalized spacial score (nSPS) is 18.5. The molecule has 5 heteroatoms. The van der Waals surface area contributed by atoms with Crippen LogP contribution in [0.4, 0.5) is 0 Å². The molecule has 1 fully saturated rings. The minimum Gasteiger partial charge on any atom is -0.467 e. The maximum absolute atomic E-state index is 10.4. The van der Waals surface area contributed by atoms with Crippen molar-refractivity contribution in [2.24, 2.45) is 0 Å². The van der Waals surface area contributed by atoms with Crippen LogP contribution >= 0.6 is 0 Å². The molecule has 0 amide bonds. The number of furan rings is 1. The highest BCUT2D eigenvalue weighted by molar-refractivity contribution is 5.25. The molecule has 5 nitrogen and oxygen atoms in total. The fourth-order valence-corrected chi connectivity index (χ4v) is 3.35. The smallest absolute Gasteiger partial charge is 0.129 e. The Balaban J connectivity index is 1.52. The molecule has 2 aromatic rings. The fraction of sp³-hybridized carbons (Fsp3) is 0.524. The third-order valence-electron chi connectivity index (χ3n) is 4.74. The van der Waals surface area contributed by atoms with Crippen molar-refractivity contribution in [2.75, 3.05) is 26.3 Å². The van der Waals surface area contributed by atoms with Gasteiger partial charge in [-0.25, -0.2) is 0 Å². The molecule has 1 aliphatic rings. The molecule has 0 saturated carbocycles. The summed E-state index contributed by atoms with van der Waals surface area (Å²) in [5.74, 6) is 0.772. The van der Waals surface area contributed by atoms with Crippen molar-refractivity contribution >= 4 is 0 Å².